The molecule has 3 nitrogen and oxygen atoms in total. The van der Waals surface area contributed by atoms with Crippen LogP contribution in [0.3, 0.4) is 0 Å². The molecule has 0 aliphatic heterocycles. The van der Waals surface area contributed by atoms with Crippen molar-refractivity contribution in [3.63, 3.8) is 0 Å². The third-order valence-corrected chi connectivity index (χ3v) is 4.24. The van der Waals surface area contributed by atoms with Gasteiger partial charge < -0.3 is 10.2 Å². The Hall–Kier alpha value is -1.06. The lowest BCUT2D eigenvalue weighted by Gasteiger charge is -2.32. The van der Waals surface area contributed by atoms with E-state index in [9.17, 15) is 15.0 Å². The van der Waals surface area contributed by atoms with Gasteiger partial charge in [0.05, 0.1) is 12.0 Å². The Bertz CT molecular complexity index is 430. The topological polar surface area (TPSA) is 57.5 Å². The number of aliphatic hydroxyl groups is 1. The molecule has 1 aliphatic rings. The maximum Gasteiger partial charge on any atom is 0.307 e. The van der Waals surface area contributed by atoms with Gasteiger partial charge >= 0.3 is 5.97 Å². The van der Waals surface area contributed by atoms with Gasteiger partial charge in [0, 0.05) is 5.02 Å². The summed E-state index contributed by atoms with van der Waals surface area (Å²) in [7, 11) is 0. The predicted molar refractivity (Wildman–Crippen MR) is 74.2 cm³/mol. The number of hydrogen-bond donors (Lipinski definition) is 2. The minimum atomic E-state index is -0.819. The normalized spacial score (nSPS) is 24.9. The first-order valence-electron chi connectivity index (χ1n) is 6.73. The van der Waals surface area contributed by atoms with E-state index in [0.717, 1.165) is 31.2 Å². The van der Waals surface area contributed by atoms with Crippen molar-refractivity contribution >= 4 is 17.6 Å². The van der Waals surface area contributed by atoms with Gasteiger partial charge in [-0.15, -0.1) is 0 Å². The lowest BCUT2D eigenvalue weighted by molar-refractivity contribution is -0.146. The largest absolute Gasteiger partial charge is 0.481 e. The van der Waals surface area contributed by atoms with Gasteiger partial charge in [0.2, 0.25) is 0 Å². The second-order valence-corrected chi connectivity index (χ2v) is 5.73. The summed E-state index contributed by atoms with van der Waals surface area (Å²) in [5, 5.41) is 20.1. The number of carboxylic acid groups (broad SMARTS) is 1. The fraction of sp³-hybridized carbons (Fsp3) is 0.533. The van der Waals surface area contributed by atoms with Crippen LogP contribution in [0.25, 0.3) is 0 Å². The summed E-state index contributed by atoms with van der Waals surface area (Å²) in [4.78, 5) is 11.5. The van der Waals surface area contributed by atoms with E-state index in [0.29, 0.717) is 11.4 Å². The van der Waals surface area contributed by atoms with E-state index >= 15 is 0 Å². The van der Waals surface area contributed by atoms with Gasteiger partial charge in [0.15, 0.2) is 0 Å². The summed E-state index contributed by atoms with van der Waals surface area (Å²) in [6.07, 6.45) is 3.48. The number of hydrogen-bond acceptors (Lipinski definition) is 2. The predicted octanol–water partition coefficient (Wildman–Crippen LogP) is 3.13. The standard InChI is InChI=1S/C15H19ClO3/c16-11-7-5-10(6-8-11)9-13(15(18)19)12-3-1-2-4-14(12)17/h5-8,12-14,17H,1-4,9H2,(H,18,19). The van der Waals surface area contributed by atoms with E-state index in [1.54, 1.807) is 12.1 Å². The van der Waals surface area contributed by atoms with Crippen LogP contribution in [0.15, 0.2) is 24.3 Å². The third kappa shape index (κ3) is 3.71. The molecule has 2 N–H and O–H groups in total. The van der Waals surface area contributed by atoms with Gasteiger partial charge in [0.25, 0.3) is 0 Å². The maximum atomic E-state index is 11.5. The van der Waals surface area contributed by atoms with Crippen LogP contribution in [0.2, 0.25) is 5.02 Å². The number of aliphatic carboxylic acids is 1. The number of carbonyl (C=O) groups is 1. The van der Waals surface area contributed by atoms with Crippen molar-refractivity contribution < 1.29 is 15.0 Å². The number of rotatable bonds is 4. The Morgan fingerprint density at radius 2 is 1.89 bits per heavy atom. The van der Waals surface area contributed by atoms with Crippen LogP contribution in [-0.2, 0) is 11.2 Å². The summed E-state index contributed by atoms with van der Waals surface area (Å²) in [5.74, 6) is -1.47. The highest BCUT2D eigenvalue weighted by atomic mass is 35.5. The lowest BCUT2D eigenvalue weighted by Crippen LogP contribution is -2.36. The van der Waals surface area contributed by atoms with E-state index in [1.807, 2.05) is 12.1 Å². The Labute approximate surface area is 118 Å². The average Bonchev–Trinajstić information content (AvgIpc) is 2.39. The number of benzene rings is 1. The monoisotopic (exact) mass is 282 g/mol. The van der Waals surface area contributed by atoms with Crippen LogP contribution in [-0.4, -0.2) is 22.3 Å². The number of halogens is 1. The van der Waals surface area contributed by atoms with Crippen molar-refractivity contribution in [1.82, 2.24) is 0 Å². The van der Waals surface area contributed by atoms with Gasteiger partial charge in [-0.2, -0.15) is 0 Å². The molecule has 3 unspecified atom stereocenters. The zero-order valence-corrected chi connectivity index (χ0v) is 11.5. The van der Waals surface area contributed by atoms with E-state index in [-0.39, 0.29) is 5.92 Å². The molecule has 1 aromatic rings. The molecule has 19 heavy (non-hydrogen) atoms. The average molecular weight is 283 g/mol. The highest BCUT2D eigenvalue weighted by Crippen LogP contribution is 2.32. The van der Waals surface area contributed by atoms with Gasteiger partial charge in [-0.3, -0.25) is 4.79 Å². The molecule has 0 aromatic heterocycles. The first-order valence-corrected chi connectivity index (χ1v) is 7.11. The quantitative estimate of drug-likeness (QED) is 0.892. The summed E-state index contributed by atoms with van der Waals surface area (Å²) >= 11 is 5.83. The smallest absolute Gasteiger partial charge is 0.307 e. The molecule has 1 saturated carbocycles. The van der Waals surface area contributed by atoms with Crippen LogP contribution in [0, 0.1) is 11.8 Å². The van der Waals surface area contributed by atoms with Crippen LogP contribution < -0.4 is 0 Å². The Morgan fingerprint density at radius 3 is 2.47 bits per heavy atom. The second-order valence-electron chi connectivity index (χ2n) is 5.29. The minimum absolute atomic E-state index is 0.137. The highest BCUT2D eigenvalue weighted by molar-refractivity contribution is 6.30. The molecule has 0 bridgehead atoms. The molecule has 0 amide bonds. The number of aliphatic hydroxyl groups excluding tert-OH is 1. The number of carboxylic acids is 1. The molecule has 0 radical (unpaired) electrons. The molecule has 0 spiro atoms. The van der Waals surface area contributed by atoms with E-state index in [4.69, 9.17) is 11.6 Å². The Kier molecular flexibility index (Phi) is 4.83. The molecule has 1 fully saturated rings. The van der Waals surface area contributed by atoms with Crippen LogP contribution in [0.1, 0.15) is 31.2 Å². The van der Waals surface area contributed by atoms with Crippen molar-refractivity contribution in [2.24, 2.45) is 11.8 Å². The molecular formula is C15H19ClO3. The first kappa shape index (κ1) is 14.4. The molecule has 3 atom stereocenters. The highest BCUT2D eigenvalue weighted by Gasteiger charge is 2.34. The van der Waals surface area contributed by atoms with Crippen molar-refractivity contribution in [2.45, 2.75) is 38.2 Å². The van der Waals surface area contributed by atoms with Crippen molar-refractivity contribution in [2.75, 3.05) is 0 Å². The fourth-order valence-electron chi connectivity index (χ4n) is 2.91. The van der Waals surface area contributed by atoms with Crippen molar-refractivity contribution in [1.29, 1.82) is 0 Å². The molecular weight excluding hydrogens is 264 g/mol. The summed E-state index contributed by atoms with van der Waals surface area (Å²) in [5.41, 5.74) is 0.953. The molecule has 1 aromatic carbocycles. The first-order chi connectivity index (χ1) is 9.08. The van der Waals surface area contributed by atoms with Crippen molar-refractivity contribution in [3.05, 3.63) is 34.9 Å². The van der Waals surface area contributed by atoms with Gasteiger partial charge in [0.1, 0.15) is 0 Å². The van der Waals surface area contributed by atoms with E-state index in [2.05, 4.69) is 0 Å². The molecule has 4 heteroatoms. The maximum absolute atomic E-state index is 11.5. The van der Waals surface area contributed by atoms with Gasteiger partial charge in [-0.25, -0.2) is 0 Å². The zero-order chi connectivity index (χ0) is 13.8. The Morgan fingerprint density at radius 1 is 1.26 bits per heavy atom. The van der Waals surface area contributed by atoms with Crippen LogP contribution >= 0.6 is 11.6 Å². The molecule has 104 valence electrons. The summed E-state index contributed by atoms with van der Waals surface area (Å²) in [6.45, 7) is 0. The summed E-state index contributed by atoms with van der Waals surface area (Å²) in [6, 6.07) is 7.25. The summed E-state index contributed by atoms with van der Waals surface area (Å²) < 4.78 is 0. The molecule has 0 heterocycles. The van der Waals surface area contributed by atoms with E-state index in [1.165, 1.54) is 0 Å². The van der Waals surface area contributed by atoms with E-state index < -0.39 is 18.0 Å². The zero-order valence-electron chi connectivity index (χ0n) is 10.8. The SMILES string of the molecule is O=C(O)C(Cc1ccc(Cl)cc1)C1CCCCC1O. The van der Waals surface area contributed by atoms with Crippen molar-refractivity contribution in [3.8, 4) is 0 Å². The fourth-order valence-corrected chi connectivity index (χ4v) is 3.03. The van der Waals surface area contributed by atoms with Crippen LogP contribution in [0.4, 0.5) is 0 Å². The van der Waals surface area contributed by atoms with Gasteiger partial charge in [-0.05, 0) is 42.9 Å². The molecule has 0 saturated heterocycles. The Balaban J connectivity index is 2.11. The van der Waals surface area contributed by atoms with Gasteiger partial charge in [-0.1, -0.05) is 36.6 Å². The third-order valence-electron chi connectivity index (χ3n) is 3.98. The minimum Gasteiger partial charge on any atom is -0.481 e. The molecule has 1 aliphatic carbocycles. The second kappa shape index (κ2) is 6.40. The lowest BCUT2D eigenvalue weighted by atomic mass is 9.75. The molecule has 2 rings (SSSR count). The van der Waals surface area contributed by atoms with Crippen LogP contribution in [0.5, 0.6) is 0 Å².